The van der Waals surface area contributed by atoms with E-state index in [1.165, 1.54) is 270 Å². The fraction of sp³-hybridized carbons (Fsp3) is 0.831. The van der Waals surface area contributed by atoms with Crippen LogP contribution >= 0.6 is 0 Å². The zero-order valence-electron chi connectivity index (χ0n) is 56.3. The predicted molar refractivity (Wildman–Crippen MR) is 369 cm³/mol. The van der Waals surface area contributed by atoms with E-state index in [1.54, 1.807) is 6.08 Å². The van der Waals surface area contributed by atoms with Gasteiger partial charge in [0.05, 0.1) is 25.4 Å². The summed E-state index contributed by atoms with van der Waals surface area (Å²) < 4.78 is 11.3. The van der Waals surface area contributed by atoms with Crippen LogP contribution in [0.4, 0.5) is 0 Å². The second-order valence-corrected chi connectivity index (χ2v) is 25.7. The molecule has 9 nitrogen and oxygen atoms in total. The number of carbonyl (C=O) groups is 1. The summed E-state index contributed by atoms with van der Waals surface area (Å²) in [5.41, 5.74) is 0. The van der Waals surface area contributed by atoms with Crippen LogP contribution in [-0.2, 0) is 14.3 Å². The van der Waals surface area contributed by atoms with E-state index in [4.69, 9.17) is 9.47 Å². The number of hydrogen-bond donors (Lipinski definition) is 6. The molecule has 6 N–H and O–H groups in total. The van der Waals surface area contributed by atoms with Gasteiger partial charge >= 0.3 is 0 Å². The molecule has 502 valence electrons. The molecule has 9 heteroatoms. The molecule has 0 bridgehead atoms. The van der Waals surface area contributed by atoms with Gasteiger partial charge in [-0.05, 0) is 70.6 Å². The molecule has 1 aliphatic rings. The standard InChI is InChI=1S/C77H141NO8/c1-3-5-7-9-11-13-15-17-19-21-23-25-27-28-29-30-31-32-33-34-35-36-37-38-39-40-41-42-43-44-45-47-49-51-53-55-57-59-61-63-65-67-73(81)78-70(69-85-77-76(84)75(83)74(82)72(68-79)86-77)71(80)66-64-62-60-58-56-54-52-50-48-46-26-24-22-20-18-16-14-12-10-8-6-4-2/h5,7,11,13,17,19,23,25,56,58,64,66,70-72,74-77,79-80,82-84H,3-4,6,8-10,12,14-16,18,20-22,24,26-55,57,59-63,65,67-69H2,1-2H3,(H,78,81)/b7-5-,13-11-,19-17-,25-23-,58-56+,66-64+. The van der Waals surface area contributed by atoms with Crippen molar-refractivity contribution >= 4 is 5.91 Å². The van der Waals surface area contributed by atoms with Crippen molar-refractivity contribution < 1.29 is 39.8 Å². The summed E-state index contributed by atoms with van der Waals surface area (Å²) in [4.78, 5) is 13.1. The monoisotopic (exact) mass is 1210 g/mol. The highest BCUT2D eigenvalue weighted by Crippen LogP contribution is 2.23. The van der Waals surface area contributed by atoms with E-state index >= 15 is 0 Å². The van der Waals surface area contributed by atoms with Crippen LogP contribution in [0.15, 0.2) is 72.9 Å². The normalized spacial score (nSPS) is 18.4. The summed E-state index contributed by atoms with van der Waals surface area (Å²) in [6, 6.07) is -0.823. The molecule has 0 aromatic carbocycles. The highest BCUT2D eigenvalue weighted by Gasteiger charge is 2.44. The number of aliphatic hydroxyl groups excluding tert-OH is 5. The molecule has 0 aliphatic carbocycles. The van der Waals surface area contributed by atoms with Crippen molar-refractivity contribution in [1.29, 1.82) is 0 Å². The highest BCUT2D eigenvalue weighted by molar-refractivity contribution is 5.76. The van der Waals surface area contributed by atoms with Crippen molar-refractivity contribution in [2.24, 2.45) is 0 Å². The number of carbonyl (C=O) groups excluding carboxylic acids is 1. The van der Waals surface area contributed by atoms with Crippen molar-refractivity contribution in [2.45, 2.75) is 397 Å². The van der Waals surface area contributed by atoms with Crippen molar-refractivity contribution in [2.75, 3.05) is 13.2 Å². The van der Waals surface area contributed by atoms with Gasteiger partial charge in [0.25, 0.3) is 0 Å². The van der Waals surface area contributed by atoms with Crippen LogP contribution in [0.25, 0.3) is 0 Å². The van der Waals surface area contributed by atoms with E-state index in [2.05, 4.69) is 79.9 Å². The van der Waals surface area contributed by atoms with Gasteiger partial charge < -0.3 is 40.3 Å². The molecule has 1 fully saturated rings. The van der Waals surface area contributed by atoms with Crippen LogP contribution in [0.3, 0.4) is 0 Å². The van der Waals surface area contributed by atoms with E-state index < -0.39 is 49.5 Å². The number of rotatable bonds is 65. The molecule has 0 aromatic heterocycles. The average Bonchev–Trinajstić information content (AvgIpc) is 2.36. The minimum atomic E-state index is -1.57. The lowest BCUT2D eigenvalue weighted by molar-refractivity contribution is -0.302. The van der Waals surface area contributed by atoms with Gasteiger partial charge in [0.1, 0.15) is 24.4 Å². The summed E-state index contributed by atoms with van der Waals surface area (Å²) in [5, 5.41) is 54.7. The van der Waals surface area contributed by atoms with Gasteiger partial charge in [-0.3, -0.25) is 4.79 Å². The van der Waals surface area contributed by atoms with Crippen LogP contribution in [0, 0.1) is 0 Å². The van der Waals surface area contributed by atoms with Crippen LogP contribution < -0.4 is 5.32 Å². The summed E-state index contributed by atoms with van der Waals surface area (Å²) in [7, 11) is 0. The third kappa shape index (κ3) is 53.5. The lowest BCUT2D eigenvalue weighted by atomic mass is 9.99. The molecule has 7 atom stereocenters. The fourth-order valence-electron chi connectivity index (χ4n) is 11.8. The average molecular weight is 1210 g/mol. The minimum absolute atomic E-state index is 0.180. The maximum absolute atomic E-state index is 13.1. The topological polar surface area (TPSA) is 149 Å². The maximum Gasteiger partial charge on any atom is 0.220 e. The lowest BCUT2D eigenvalue weighted by Gasteiger charge is -2.40. The van der Waals surface area contributed by atoms with Gasteiger partial charge in [0.15, 0.2) is 6.29 Å². The van der Waals surface area contributed by atoms with E-state index in [9.17, 15) is 30.3 Å². The lowest BCUT2D eigenvalue weighted by Crippen LogP contribution is -2.60. The number of aliphatic hydroxyl groups is 5. The van der Waals surface area contributed by atoms with E-state index in [-0.39, 0.29) is 12.5 Å². The molecule has 0 radical (unpaired) electrons. The Morgan fingerprint density at radius 3 is 1.12 bits per heavy atom. The first-order valence-corrected chi connectivity index (χ1v) is 37.2. The Labute approximate surface area is 531 Å². The largest absolute Gasteiger partial charge is 0.394 e. The Bertz CT molecular complexity index is 1590. The van der Waals surface area contributed by atoms with E-state index in [1.807, 2.05) is 6.08 Å². The SMILES string of the molecule is CC/C=C\C/C=C\C/C=C\C/C=C\CCCCCCCCCCCCCCCCCCCCCCCCCCCCCCC(=O)NC(COC1OC(CO)C(O)C(O)C1O)C(O)/C=C/CC/C=C/CCCCCCCCCCCCCCCCCC. The van der Waals surface area contributed by atoms with Crippen molar-refractivity contribution in [3.05, 3.63) is 72.9 Å². The quantitative estimate of drug-likeness (QED) is 0.0261. The van der Waals surface area contributed by atoms with E-state index in [0.29, 0.717) is 6.42 Å². The van der Waals surface area contributed by atoms with Crippen molar-refractivity contribution in [3.63, 3.8) is 0 Å². The number of allylic oxidation sites excluding steroid dienone is 11. The van der Waals surface area contributed by atoms with Gasteiger partial charge in [-0.2, -0.15) is 0 Å². The number of unbranched alkanes of at least 4 members (excludes halogenated alkanes) is 45. The molecule has 1 rings (SSSR count). The summed E-state index contributed by atoms with van der Waals surface area (Å²) in [6.07, 6.45) is 86.1. The van der Waals surface area contributed by atoms with Gasteiger partial charge in [0, 0.05) is 6.42 Å². The molecule has 0 saturated carbocycles. The van der Waals surface area contributed by atoms with Gasteiger partial charge in [-0.1, -0.05) is 350 Å². The first kappa shape index (κ1) is 81.6. The van der Waals surface area contributed by atoms with E-state index in [0.717, 1.165) is 64.2 Å². The van der Waals surface area contributed by atoms with Crippen molar-refractivity contribution in [1.82, 2.24) is 5.32 Å². The fourth-order valence-corrected chi connectivity index (χ4v) is 11.8. The first-order valence-electron chi connectivity index (χ1n) is 37.2. The molecule has 1 heterocycles. The van der Waals surface area contributed by atoms with Crippen LogP contribution in [0.2, 0.25) is 0 Å². The van der Waals surface area contributed by atoms with Crippen LogP contribution in [0.1, 0.15) is 354 Å². The molecular formula is C77H141NO8. The third-order valence-corrected chi connectivity index (χ3v) is 17.5. The van der Waals surface area contributed by atoms with Crippen LogP contribution in [0.5, 0.6) is 0 Å². The minimum Gasteiger partial charge on any atom is -0.394 e. The summed E-state index contributed by atoms with van der Waals surface area (Å²) in [5.74, 6) is -0.180. The number of nitrogens with one attached hydrogen (secondary N) is 1. The number of hydrogen-bond acceptors (Lipinski definition) is 8. The molecule has 1 saturated heterocycles. The zero-order valence-corrected chi connectivity index (χ0v) is 56.3. The second-order valence-electron chi connectivity index (χ2n) is 25.7. The molecule has 1 amide bonds. The Balaban J connectivity index is 2.05. The number of amides is 1. The molecule has 7 unspecified atom stereocenters. The van der Waals surface area contributed by atoms with Gasteiger partial charge in [0.2, 0.25) is 5.91 Å². The molecule has 86 heavy (non-hydrogen) atoms. The van der Waals surface area contributed by atoms with Gasteiger partial charge in [-0.25, -0.2) is 0 Å². The molecule has 0 spiro atoms. The predicted octanol–water partition coefficient (Wildman–Crippen LogP) is 20.7. The summed E-state index contributed by atoms with van der Waals surface area (Å²) in [6.45, 7) is 3.69. The van der Waals surface area contributed by atoms with Crippen LogP contribution in [-0.4, -0.2) is 87.5 Å². The summed E-state index contributed by atoms with van der Waals surface area (Å²) >= 11 is 0. The Morgan fingerprint density at radius 1 is 0.407 bits per heavy atom. The smallest absolute Gasteiger partial charge is 0.220 e. The van der Waals surface area contributed by atoms with Crippen molar-refractivity contribution in [3.8, 4) is 0 Å². The first-order chi connectivity index (χ1) is 42.3. The molecule has 1 aliphatic heterocycles. The second kappa shape index (κ2) is 65.6. The maximum atomic E-state index is 13.1. The Kier molecular flexibility index (Phi) is 62.3. The zero-order chi connectivity index (χ0) is 62.1. The van der Waals surface area contributed by atoms with Gasteiger partial charge in [-0.15, -0.1) is 0 Å². The Morgan fingerprint density at radius 2 is 0.733 bits per heavy atom. The number of ether oxygens (including phenoxy) is 2. The highest BCUT2D eigenvalue weighted by atomic mass is 16.7. The Hall–Kier alpha value is -2.37. The third-order valence-electron chi connectivity index (χ3n) is 17.5. The molecule has 0 aromatic rings. The molecular weight excluding hydrogens is 1070 g/mol.